The molecule has 1 N–H and O–H groups in total. The molecule has 5 nitrogen and oxygen atoms in total. The number of carbonyl (C=O) groups excluding carboxylic acids is 1. The SMILES string of the molecule is CCSSCCN1CCC(CCOC(=O)CCC(=O)O)CC1. The Hall–Kier alpha value is -0.400. The zero-order chi connectivity index (χ0) is 16.2. The van der Waals surface area contributed by atoms with E-state index in [2.05, 4.69) is 11.8 Å². The second kappa shape index (κ2) is 12.1. The number of piperidine rings is 1. The van der Waals surface area contributed by atoms with Crippen LogP contribution in [0.5, 0.6) is 0 Å². The van der Waals surface area contributed by atoms with E-state index in [9.17, 15) is 9.59 Å². The van der Waals surface area contributed by atoms with Crippen molar-refractivity contribution in [3.8, 4) is 0 Å². The molecule has 0 radical (unpaired) electrons. The molecule has 1 saturated heterocycles. The minimum absolute atomic E-state index is 0.0266. The maximum absolute atomic E-state index is 11.3. The Morgan fingerprint density at radius 2 is 1.95 bits per heavy atom. The van der Waals surface area contributed by atoms with E-state index in [1.807, 2.05) is 21.6 Å². The van der Waals surface area contributed by atoms with Gasteiger partial charge in [-0.3, -0.25) is 9.59 Å². The van der Waals surface area contributed by atoms with E-state index in [1.54, 1.807) is 0 Å². The highest BCUT2D eigenvalue weighted by Crippen LogP contribution is 2.23. The van der Waals surface area contributed by atoms with Crippen LogP contribution in [0.2, 0.25) is 0 Å². The third-order valence-electron chi connectivity index (χ3n) is 3.73. The molecule has 0 amide bonds. The number of carboxylic acids is 1. The summed E-state index contributed by atoms with van der Waals surface area (Å²) in [5.41, 5.74) is 0. The standard InChI is InChI=1S/C15H27NO4S2/c1-2-21-22-12-10-16-8-5-13(6-9-16)7-11-20-15(19)4-3-14(17)18/h13H,2-12H2,1H3,(H,17,18). The average molecular weight is 350 g/mol. The lowest BCUT2D eigenvalue weighted by Gasteiger charge is -2.31. The first-order valence-corrected chi connectivity index (χ1v) is 10.4. The number of ether oxygens (including phenoxy) is 1. The number of carbonyl (C=O) groups is 2. The van der Waals surface area contributed by atoms with Gasteiger partial charge in [-0.25, -0.2) is 0 Å². The first kappa shape index (κ1) is 19.6. The quantitative estimate of drug-likeness (QED) is 0.349. The fourth-order valence-electron chi connectivity index (χ4n) is 2.43. The van der Waals surface area contributed by atoms with Gasteiger partial charge in [0.1, 0.15) is 0 Å². The second-order valence-corrected chi connectivity index (χ2v) is 8.29. The van der Waals surface area contributed by atoms with Gasteiger partial charge in [0.15, 0.2) is 0 Å². The van der Waals surface area contributed by atoms with Crippen molar-refractivity contribution in [3.05, 3.63) is 0 Å². The molecule has 1 heterocycles. The summed E-state index contributed by atoms with van der Waals surface area (Å²) in [6, 6.07) is 0. The van der Waals surface area contributed by atoms with Crippen LogP contribution >= 0.6 is 21.6 Å². The molecular formula is C15H27NO4S2. The van der Waals surface area contributed by atoms with Gasteiger partial charge in [0.05, 0.1) is 19.4 Å². The molecule has 128 valence electrons. The molecule has 1 aliphatic heterocycles. The van der Waals surface area contributed by atoms with Gasteiger partial charge >= 0.3 is 11.9 Å². The minimum Gasteiger partial charge on any atom is -0.481 e. The van der Waals surface area contributed by atoms with Gasteiger partial charge in [-0.1, -0.05) is 28.5 Å². The van der Waals surface area contributed by atoms with Crippen molar-refractivity contribution in [2.45, 2.75) is 39.0 Å². The third kappa shape index (κ3) is 9.58. The largest absolute Gasteiger partial charge is 0.481 e. The van der Waals surface area contributed by atoms with Gasteiger partial charge in [-0.2, -0.15) is 0 Å². The number of aliphatic carboxylic acids is 1. The third-order valence-corrected chi connectivity index (χ3v) is 6.19. The number of carboxylic acid groups (broad SMARTS) is 1. The lowest BCUT2D eigenvalue weighted by atomic mass is 9.94. The van der Waals surface area contributed by atoms with E-state index in [4.69, 9.17) is 9.84 Å². The molecular weight excluding hydrogens is 322 g/mol. The highest BCUT2D eigenvalue weighted by molar-refractivity contribution is 8.76. The molecule has 1 fully saturated rings. The highest BCUT2D eigenvalue weighted by atomic mass is 33.1. The van der Waals surface area contributed by atoms with Crippen LogP contribution in [0.25, 0.3) is 0 Å². The van der Waals surface area contributed by atoms with Crippen LogP contribution in [-0.2, 0) is 14.3 Å². The molecule has 0 bridgehead atoms. The molecule has 22 heavy (non-hydrogen) atoms. The Bertz CT molecular complexity index is 334. The first-order valence-electron chi connectivity index (χ1n) is 7.96. The molecule has 0 aromatic heterocycles. The summed E-state index contributed by atoms with van der Waals surface area (Å²) in [5, 5.41) is 8.49. The lowest BCUT2D eigenvalue weighted by molar-refractivity contribution is -0.148. The van der Waals surface area contributed by atoms with Gasteiger partial charge in [0.25, 0.3) is 0 Å². The van der Waals surface area contributed by atoms with Gasteiger partial charge in [0.2, 0.25) is 0 Å². The summed E-state index contributed by atoms with van der Waals surface area (Å²) in [7, 11) is 3.87. The maximum Gasteiger partial charge on any atom is 0.306 e. The number of esters is 1. The summed E-state index contributed by atoms with van der Waals surface area (Å²) in [6.45, 7) is 6.03. The summed E-state index contributed by atoms with van der Waals surface area (Å²) in [6.07, 6.45) is 3.05. The van der Waals surface area contributed by atoms with Gasteiger partial charge in [-0.05, 0) is 38.3 Å². The number of nitrogens with zero attached hydrogens (tertiary/aromatic N) is 1. The summed E-state index contributed by atoms with van der Waals surface area (Å²) in [5.74, 6) is 1.62. The molecule has 0 saturated carbocycles. The van der Waals surface area contributed by atoms with Crippen molar-refractivity contribution >= 4 is 33.5 Å². The summed E-state index contributed by atoms with van der Waals surface area (Å²) < 4.78 is 5.09. The lowest BCUT2D eigenvalue weighted by Crippen LogP contribution is -2.35. The molecule has 0 aromatic rings. The van der Waals surface area contributed by atoms with E-state index in [1.165, 1.54) is 5.75 Å². The topological polar surface area (TPSA) is 66.8 Å². The maximum atomic E-state index is 11.3. The van der Waals surface area contributed by atoms with Gasteiger partial charge in [0, 0.05) is 18.1 Å². The molecule has 0 atom stereocenters. The smallest absolute Gasteiger partial charge is 0.306 e. The van der Waals surface area contributed by atoms with Crippen molar-refractivity contribution < 1.29 is 19.4 Å². The van der Waals surface area contributed by atoms with Crippen molar-refractivity contribution in [2.24, 2.45) is 5.92 Å². The average Bonchev–Trinajstić information content (AvgIpc) is 2.51. The first-order chi connectivity index (χ1) is 10.6. The van der Waals surface area contributed by atoms with E-state index in [0.29, 0.717) is 12.5 Å². The van der Waals surface area contributed by atoms with Crippen molar-refractivity contribution in [1.29, 1.82) is 0 Å². The van der Waals surface area contributed by atoms with Crippen LogP contribution in [0.1, 0.15) is 39.0 Å². The number of likely N-dealkylation sites (tertiary alicyclic amines) is 1. The fourth-order valence-corrected chi connectivity index (χ4v) is 4.12. The molecule has 0 aromatic carbocycles. The van der Waals surface area contributed by atoms with Crippen molar-refractivity contribution in [3.63, 3.8) is 0 Å². The Labute approximate surface area is 140 Å². The normalized spacial score (nSPS) is 16.6. The Kier molecular flexibility index (Phi) is 10.8. The highest BCUT2D eigenvalue weighted by Gasteiger charge is 2.19. The van der Waals surface area contributed by atoms with E-state index >= 15 is 0 Å². The van der Waals surface area contributed by atoms with E-state index in [0.717, 1.165) is 44.6 Å². The van der Waals surface area contributed by atoms with E-state index in [-0.39, 0.29) is 12.8 Å². The fraction of sp³-hybridized carbons (Fsp3) is 0.867. The van der Waals surface area contributed by atoms with Gasteiger partial charge < -0.3 is 14.7 Å². The summed E-state index contributed by atoms with van der Waals surface area (Å²) in [4.78, 5) is 24.2. The van der Waals surface area contributed by atoms with Crippen LogP contribution in [0, 0.1) is 5.92 Å². The Morgan fingerprint density at radius 1 is 1.23 bits per heavy atom. The Balaban J connectivity index is 2.01. The van der Waals surface area contributed by atoms with E-state index < -0.39 is 11.9 Å². The summed E-state index contributed by atoms with van der Waals surface area (Å²) >= 11 is 0. The number of hydrogen-bond donors (Lipinski definition) is 1. The molecule has 7 heteroatoms. The van der Waals surface area contributed by atoms with Crippen LogP contribution in [-0.4, -0.2) is 59.7 Å². The van der Waals surface area contributed by atoms with Crippen LogP contribution in [0.15, 0.2) is 0 Å². The zero-order valence-corrected chi connectivity index (χ0v) is 14.9. The van der Waals surface area contributed by atoms with Gasteiger partial charge in [-0.15, -0.1) is 0 Å². The monoisotopic (exact) mass is 349 g/mol. The van der Waals surface area contributed by atoms with Crippen molar-refractivity contribution in [2.75, 3.05) is 37.7 Å². The molecule has 0 spiro atoms. The van der Waals surface area contributed by atoms with Crippen LogP contribution in [0.4, 0.5) is 0 Å². The second-order valence-electron chi connectivity index (χ2n) is 5.42. The molecule has 0 unspecified atom stereocenters. The van der Waals surface area contributed by atoms with Crippen LogP contribution < -0.4 is 0 Å². The van der Waals surface area contributed by atoms with Crippen molar-refractivity contribution in [1.82, 2.24) is 4.90 Å². The molecule has 0 aliphatic carbocycles. The number of rotatable bonds is 11. The predicted octanol–water partition coefficient (Wildman–Crippen LogP) is 2.90. The zero-order valence-electron chi connectivity index (χ0n) is 13.3. The Morgan fingerprint density at radius 3 is 2.59 bits per heavy atom. The number of hydrogen-bond acceptors (Lipinski definition) is 6. The predicted molar refractivity (Wildman–Crippen MR) is 92.2 cm³/mol. The minimum atomic E-state index is -0.958. The molecule has 1 rings (SSSR count). The molecule has 1 aliphatic rings. The van der Waals surface area contributed by atoms with Crippen LogP contribution in [0.3, 0.4) is 0 Å².